The van der Waals surface area contributed by atoms with Gasteiger partial charge < -0.3 is 14.6 Å². The van der Waals surface area contributed by atoms with Crippen LogP contribution in [-0.4, -0.2) is 39.0 Å². The van der Waals surface area contributed by atoms with Crippen LogP contribution in [0.2, 0.25) is 0 Å². The molecule has 1 amide bonds. The van der Waals surface area contributed by atoms with Gasteiger partial charge in [0.1, 0.15) is 11.7 Å². The van der Waals surface area contributed by atoms with E-state index in [1.54, 1.807) is 6.07 Å². The first kappa shape index (κ1) is 16.1. The number of aryl methyl sites for hydroxylation is 1. The summed E-state index contributed by atoms with van der Waals surface area (Å²) in [7, 11) is 0. The maximum atomic E-state index is 12.7. The van der Waals surface area contributed by atoms with Crippen LogP contribution in [0.25, 0.3) is 0 Å². The van der Waals surface area contributed by atoms with Gasteiger partial charge in [-0.05, 0) is 47.7 Å². The van der Waals surface area contributed by atoms with Crippen molar-refractivity contribution in [3.05, 3.63) is 22.4 Å². The molecule has 6 heteroatoms. The molecule has 0 spiro atoms. The molecule has 1 saturated heterocycles. The van der Waals surface area contributed by atoms with Gasteiger partial charge in [0.05, 0.1) is 0 Å². The van der Waals surface area contributed by atoms with Crippen molar-refractivity contribution in [2.75, 3.05) is 6.54 Å². The molecule has 2 heterocycles. The van der Waals surface area contributed by atoms with Crippen molar-refractivity contribution in [3.8, 4) is 0 Å². The van der Waals surface area contributed by atoms with Gasteiger partial charge in [-0.1, -0.05) is 13.3 Å². The zero-order valence-corrected chi connectivity index (χ0v) is 14.0. The van der Waals surface area contributed by atoms with E-state index < -0.39 is 12.0 Å². The first-order valence-corrected chi connectivity index (χ1v) is 8.16. The number of halogens is 1. The van der Waals surface area contributed by atoms with Crippen molar-refractivity contribution in [1.82, 2.24) is 9.47 Å². The minimum atomic E-state index is -0.907. The van der Waals surface area contributed by atoms with E-state index in [1.807, 2.05) is 17.7 Å². The fraction of sp³-hybridized carbons (Fsp3) is 0.600. The Morgan fingerprint density at radius 1 is 1.43 bits per heavy atom. The number of aromatic nitrogens is 1. The Balaban J connectivity index is 2.26. The van der Waals surface area contributed by atoms with Crippen molar-refractivity contribution in [2.45, 2.75) is 45.7 Å². The molecule has 1 aliphatic rings. The number of likely N-dealkylation sites (tertiary alicyclic amines) is 1. The van der Waals surface area contributed by atoms with E-state index in [2.05, 4.69) is 22.9 Å². The smallest absolute Gasteiger partial charge is 0.326 e. The van der Waals surface area contributed by atoms with Gasteiger partial charge in [-0.25, -0.2) is 4.79 Å². The van der Waals surface area contributed by atoms with E-state index in [0.717, 1.165) is 17.3 Å². The summed E-state index contributed by atoms with van der Waals surface area (Å²) < 4.78 is 2.68. The molecule has 1 N–H and O–H groups in total. The normalized spacial score (nSPS) is 22.3. The van der Waals surface area contributed by atoms with Crippen molar-refractivity contribution < 1.29 is 14.7 Å². The Hall–Kier alpha value is -1.30. The molecular weight excluding hydrogens is 336 g/mol. The maximum Gasteiger partial charge on any atom is 0.326 e. The van der Waals surface area contributed by atoms with Crippen LogP contribution in [0.4, 0.5) is 0 Å². The summed E-state index contributed by atoms with van der Waals surface area (Å²) in [6, 6.07) is 1.05. The third-order valence-electron chi connectivity index (χ3n) is 4.26. The van der Waals surface area contributed by atoms with Crippen LogP contribution >= 0.6 is 15.9 Å². The summed E-state index contributed by atoms with van der Waals surface area (Å²) in [4.78, 5) is 25.8. The van der Waals surface area contributed by atoms with Gasteiger partial charge in [0.2, 0.25) is 0 Å². The molecule has 116 valence electrons. The monoisotopic (exact) mass is 356 g/mol. The average molecular weight is 357 g/mol. The largest absolute Gasteiger partial charge is 0.480 e. The number of nitrogens with zero attached hydrogens (tertiary/aromatic N) is 2. The van der Waals surface area contributed by atoms with Crippen molar-refractivity contribution >= 4 is 27.8 Å². The predicted molar refractivity (Wildman–Crippen MR) is 83.3 cm³/mol. The van der Waals surface area contributed by atoms with E-state index in [1.165, 1.54) is 4.90 Å². The van der Waals surface area contributed by atoms with Crippen molar-refractivity contribution in [1.29, 1.82) is 0 Å². The Kier molecular flexibility index (Phi) is 5.08. The summed E-state index contributed by atoms with van der Waals surface area (Å²) >= 11 is 3.37. The number of aliphatic carboxylic acids is 1. The van der Waals surface area contributed by atoms with Crippen molar-refractivity contribution in [3.63, 3.8) is 0 Å². The van der Waals surface area contributed by atoms with E-state index in [0.29, 0.717) is 31.1 Å². The van der Waals surface area contributed by atoms with Crippen LogP contribution in [0.15, 0.2) is 16.7 Å². The molecule has 21 heavy (non-hydrogen) atoms. The van der Waals surface area contributed by atoms with E-state index in [4.69, 9.17) is 0 Å². The summed E-state index contributed by atoms with van der Waals surface area (Å²) in [6.07, 6.45) is 4.23. The van der Waals surface area contributed by atoms with Gasteiger partial charge in [0, 0.05) is 23.8 Å². The molecule has 5 nitrogen and oxygen atoms in total. The van der Waals surface area contributed by atoms with E-state index in [9.17, 15) is 14.7 Å². The van der Waals surface area contributed by atoms with Crippen LogP contribution in [0.5, 0.6) is 0 Å². The standard InChI is InChI=1S/C15H21BrN2O3/c1-3-10-5-6-18(13(7-10)15(20)21)14(19)12-8-11(16)9-17(12)4-2/h8-10,13H,3-7H2,1-2H3,(H,20,21). The lowest BCUT2D eigenvalue weighted by Crippen LogP contribution is -2.50. The second-order valence-corrected chi connectivity index (χ2v) is 6.40. The number of piperidine rings is 1. The van der Waals surface area contributed by atoms with Gasteiger partial charge in [-0.3, -0.25) is 4.79 Å². The molecule has 1 fully saturated rings. The van der Waals surface area contributed by atoms with Crippen LogP contribution < -0.4 is 0 Å². The molecule has 0 saturated carbocycles. The molecule has 0 aliphatic carbocycles. The second-order valence-electron chi connectivity index (χ2n) is 5.48. The van der Waals surface area contributed by atoms with Crippen molar-refractivity contribution in [2.24, 2.45) is 5.92 Å². The summed E-state index contributed by atoms with van der Waals surface area (Å²) in [5.74, 6) is -0.709. The highest BCUT2D eigenvalue weighted by Crippen LogP contribution is 2.27. The molecule has 0 radical (unpaired) electrons. The highest BCUT2D eigenvalue weighted by Gasteiger charge is 2.36. The molecule has 1 aliphatic heterocycles. The molecule has 0 aromatic carbocycles. The molecular formula is C15H21BrN2O3. The topological polar surface area (TPSA) is 62.5 Å². The number of amides is 1. The lowest BCUT2D eigenvalue weighted by molar-refractivity contribution is -0.144. The number of carbonyl (C=O) groups excluding carboxylic acids is 1. The zero-order valence-electron chi connectivity index (χ0n) is 12.4. The Labute approximate surface area is 133 Å². The van der Waals surface area contributed by atoms with Crippen LogP contribution in [-0.2, 0) is 11.3 Å². The van der Waals surface area contributed by atoms with Crippen LogP contribution in [0, 0.1) is 5.92 Å². The minimum absolute atomic E-state index is 0.190. The summed E-state index contributed by atoms with van der Waals surface area (Å²) in [6.45, 7) is 5.22. The number of rotatable bonds is 4. The third kappa shape index (κ3) is 3.31. The Morgan fingerprint density at radius 3 is 2.71 bits per heavy atom. The van der Waals surface area contributed by atoms with Gasteiger partial charge in [-0.15, -0.1) is 0 Å². The van der Waals surface area contributed by atoms with Gasteiger partial charge >= 0.3 is 5.97 Å². The maximum absolute atomic E-state index is 12.7. The first-order valence-electron chi connectivity index (χ1n) is 7.37. The zero-order chi connectivity index (χ0) is 15.6. The molecule has 2 atom stereocenters. The SMILES string of the molecule is CCC1CCN(C(=O)c2cc(Br)cn2CC)C(C(=O)O)C1. The Bertz CT molecular complexity index is 541. The molecule has 1 aromatic heterocycles. The number of carboxylic acids is 1. The fourth-order valence-electron chi connectivity index (χ4n) is 2.95. The lowest BCUT2D eigenvalue weighted by Gasteiger charge is -2.37. The van der Waals surface area contributed by atoms with Gasteiger partial charge in [0.15, 0.2) is 0 Å². The first-order chi connectivity index (χ1) is 9.97. The third-order valence-corrected chi connectivity index (χ3v) is 4.69. The van der Waals surface area contributed by atoms with E-state index >= 15 is 0 Å². The fourth-order valence-corrected chi connectivity index (χ4v) is 3.41. The molecule has 0 bridgehead atoms. The average Bonchev–Trinajstić information content (AvgIpc) is 2.86. The summed E-state index contributed by atoms with van der Waals surface area (Å²) in [5, 5.41) is 9.44. The van der Waals surface area contributed by atoms with Crippen LogP contribution in [0.3, 0.4) is 0 Å². The quantitative estimate of drug-likeness (QED) is 0.901. The molecule has 2 unspecified atom stereocenters. The molecule has 1 aromatic rings. The Morgan fingerprint density at radius 2 is 2.14 bits per heavy atom. The van der Waals surface area contributed by atoms with Gasteiger partial charge in [0.25, 0.3) is 5.91 Å². The lowest BCUT2D eigenvalue weighted by atomic mass is 9.88. The minimum Gasteiger partial charge on any atom is -0.480 e. The molecule has 2 rings (SSSR count). The number of carboxylic acid groups (broad SMARTS) is 1. The number of carbonyl (C=O) groups is 2. The van der Waals surface area contributed by atoms with Crippen LogP contribution in [0.1, 0.15) is 43.6 Å². The number of hydrogen-bond donors (Lipinski definition) is 1. The second kappa shape index (κ2) is 6.64. The summed E-state index contributed by atoms with van der Waals surface area (Å²) in [5.41, 5.74) is 0.547. The number of hydrogen-bond acceptors (Lipinski definition) is 2. The van der Waals surface area contributed by atoms with Gasteiger partial charge in [-0.2, -0.15) is 0 Å². The predicted octanol–water partition coefficient (Wildman–Crippen LogP) is 2.99. The van der Waals surface area contributed by atoms with E-state index in [-0.39, 0.29) is 5.91 Å². The highest BCUT2D eigenvalue weighted by atomic mass is 79.9. The highest BCUT2D eigenvalue weighted by molar-refractivity contribution is 9.10.